The number of carbonyl (C=O) groups is 2. The molecule has 0 aliphatic rings. The Balaban J connectivity index is 2.56. The lowest BCUT2D eigenvalue weighted by Gasteiger charge is -2.03. The first-order valence-corrected chi connectivity index (χ1v) is 4.65. The fourth-order valence-corrected chi connectivity index (χ4v) is 0.985. The summed E-state index contributed by atoms with van der Waals surface area (Å²) in [5, 5.41) is 9.02. The van der Waals surface area contributed by atoms with Crippen LogP contribution in [0, 0.1) is 0 Å². The van der Waals surface area contributed by atoms with Gasteiger partial charge in [0, 0.05) is 11.1 Å². The fraction of sp³-hybridized carbons (Fsp3) is 0.167. The second-order valence-electron chi connectivity index (χ2n) is 3.33. The number of rotatable bonds is 4. The highest BCUT2D eigenvalue weighted by Gasteiger charge is 2.09. The van der Waals surface area contributed by atoms with E-state index in [9.17, 15) is 9.59 Å². The minimum atomic E-state index is -0.591. The van der Waals surface area contributed by atoms with Crippen molar-refractivity contribution in [1.29, 1.82) is 0 Å². The van der Waals surface area contributed by atoms with E-state index >= 15 is 0 Å². The van der Waals surface area contributed by atoms with Crippen LogP contribution in [-0.4, -0.2) is 23.5 Å². The van der Waals surface area contributed by atoms with Crippen LogP contribution in [0.2, 0.25) is 0 Å². The number of ether oxygens (including phenoxy) is 1. The summed E-state index contributed by atoms with van der Waals surface area (Å²) in [6, 6.07) is 5.72. The molecule has 0 amide bonds. The molecule has 0 spiro atoms. The number of benzene rings is 1. The molecule has 0 heterocycles. The van der Waals surface area contributed by atoms with Gasteiger partial charge in [0.05, 0.1) is 0 Å². The number of hydrogen-bond donors (Lipinski definition) is 1. The van der Waals surface area contributed by atoms with Gasteiger partial charge in [-0.1, -0.05) is 6.58 Å². The average Bonchev–Trinajstić information content (AvgIpc) is 2.26. The number of hydrogen-bond acceptors (Lipinski definition) is 4. The second-order valence-corrected chi connectivity index (χ2v) is 3.33. The Bertz CT molecular complexity index is 417. The standard InChI is InChI=1S/C12H12O4/c1-8(2)12(15)16-7-11(14)9-3-5-10(13)6-4-9/h3-6,13H,1,7H2,2H3. The van der Waals surface area contributed by atoms with Crippen LogP contribution in [0.1, 0.15) is 17.3 Å². The average molecular weight is 220 g/mol. The molecule has 0 bridgehead atoms. The third kappa shape index (κ3) is 3.24. The van der Waals surface area contributed by atoms with Gasteiger partial charge in [0.1, 0.15) is 5.75 Å². The van der Waals surface area contributed by atoms with E-state index in [0.717, 1.165) is 0 Å². The normalized spacial score (nSPS) is 9.56. The molecule has 4 nitrogen and oxygen atoms in total. The molecule has 0 radical (unpaired) electrons. The van der Waals surface area contributed by atoms with E-state index in [4.69, 9.17) is 9.84 Å². The predicted molar refractivity (Wildman–Crippen MR) is 58.2 cm³/mol. The van der Waals surface area contributed by atoms with Gasteiger partial charge in [-0.25, -0.2) is 4.79 Å². The molecule has 84 valence electrons. The van der Waals surface area contributed by atoms with E-state index in [0.29, 0.717) is 5.56 Å². The molecule has 4 heteroatoms. The lowest BCUT2D eigenvalue weighted by Crippen LogP contribution is -2.14. The quantitative estimate of drug-likeness (QED) is 0.476. The lowest BCUT2D eigenvalue weighted by molar-refractivity contribution is -0.137. The van der Waals surface area contributed by atoms with E-state index in [1.165, 1.54) is 31.2 Å². The molecule has 1 rings (SSSR count). The van der Waals surface area contributed by atoms with Crippen molar-refractivity contribution < 1.29 is 19.4 Å². The summed E-state index contributed by atoms with van der Waals surface area (Å²) in [4.78, 5) is 22.5. The first kappa shape index (κ1) is 12.0. The lowest BCUT2D eigenvalue weighted by atomic mass is 10.1. The summed E-state index contributed by atoms with van der Waals surface area (Å²) in [5.74, 6) is -0.836. The van der Waals surface area contributed by atoms with Crippen molar-refractivity contribution in [3.05, 3.63) is 42.0 Å². The molecule has 0 aliphatic carbocycles. The van der Waals surface area contributed by atoms with Crippen molar-refractivity contribution in [2.24, 2.45) is 0 Å². The largest absolute Gasteiger partial charge is 0.508 e. The molecule has 0 saturated heterocycles. The Kier molecular flexibility index (Phi) is 3.83. The van der Waals surface area contributed by atoms with Gasteiger partial charge in [-0.15, -0.1) is 0 Å². The molecule has 0 aliphatic heterocycles. The molecule has 0 fully saturated rings. The van der Waals surface area contributed by atoms with Gasteiger partial charge in [0.25, 0.3) is 0 Å². The molecule has 16 heavy (non-hydrogen) atoms. The molecule has 0 saturated carbocycles. The summed E-state index contributed by atoms with van der Waals surface area (Å²) in [6.07, 6.45) is 0. The zero-order chi connectivity index (χ0) is 12.1. The summed E-state index contributed by atoms with van der Waals surface area (Å²) in [7, 11) is 0. The highest BCUT2D eigenvalue weighted by molar-refractivity contribution is 5.99. The first-order chi connectivity index (χ1) is 7.50. The van der Waals surface area contributed by atoms with Crippen LogP contribution in [0.3, 0.4) is 0 Å². The van der Waals surface area contributed by atoms with Crippen LogP contribution in [0.15, 0.2) is 36.4 Å². The first-order valence-electron chi connectivity index (χ1n) is 4.65. The number of esters is 1. The van der Waals surface area contributed by atoms with Crippen LogP contribution in [-0.2, 0) is 9.53 Å². The Labute approximate surface area is 93.2 Å². The Morgan fingerprint density at radius 3 is 2.38 bits per heavy atom. The maximum Gasteiger partial charge on any atom is 0.333 e. The highest BCUT2D eigenvalue weighted by atomic mass is 16.5. The van der Waals surface area contributed by atoms with Crippen molar-refractivity contribution in [2.75, 3.05) is 6.61 Å². The van der Waals surface area contributed by atoms with Crippen molar-refractivity contribution >= 4 is 11.8 Å². The van der Waals surface area contributed by atoms with Crippen LogP contribution in [0.4, 0.5) is 0 Å². The zero-order valence-corrected chi connectivity index (χ0v) is 8.90. The van der Waals surface area contributed by atoms with Gasteiger partial charge < -0.3 is 9.84 Å². The minimum Gasteiger partial charge on any atom is -0.508 e. The number of aromatic hydroxyl groups is 1. The third-order valence-corrected chi connectivity index (χ3v) is 1.87. The van der Waals surface area contributed by atoms with E-state index in [1.807, 2.05) is 0 Å². The molecule has 0 unspecified atom stereocenters. The van der Waals surface area contributed by atoms with Gasteiger partial charge >= 0.3 is 5.97 Å². The molecule has 1 aromatic rings. The van der Waals surface area contributed by atoms with E-state index in [2.05, 4.69) is 6.58 Å². The van der Waals surface area contributed by atoms with Gasteiger partial charge in [0.2, 0.25) is 0 Å². The van der Waals surface area contributed by atoms with E-state index < -0.39 is 5.97 Å². The maximum atomic E-state index is 11.5. The monoisotopic (exact) mass is 220 g/mol. The molecule has 0 aromatic heterocycles. The molecular weight excluding hydrogens is 208 g/mol. The predicted octanol–water partition coefficient (Wildman–Crippen LogP) is 1.69. The van der Waals surface area contributed by atoms with E-state index in [-0.39, 0.29) is 23.7 Å². The van der Waals surface area contributed by atoms with Gasteiger partial charge in [-0.3, -0.25) is 4.79 Å². The summed E-state index contributed by atoms with van der Waals surface area (Å²) < 4.78 is 4.70. The SMILES string of the molecule is C=C(C)C(=O)OCC(=O)c1ccc(O)cc1. The fourth-order valence-electron chi connectivity index (χ4n) is 0.985. The summed E-state index contributed by atoms with van der Waals surface area (Å²) in [5.41, 5.74) is 0.630. The highest BCUT2D eigenvalue weighted by Crippen LogP contribution is 2.10. The van der Waals surface area contributed by atoms with Crippen molar-refractivity contribution in [3.8, 4) is 5.75 Å². The summed E-state index contributed by atoms with van der Waals surface area (Å²) >= 11 is 0. The summed E-state index contributed by atoms with van der Waals surface area (Å²) in [6.45, 7) is 4.58. The van der Waals surface area contributed by atoms with Crippen molar-refractivity contribution in [3.63, 3.8) is 0 Å². The molecule has 1 aromatic carbocycles. The van der Waals surface area contributed by atoms with Gasteiger partial charge in [-0.05, 0) is 31.2 Å². The number of phenols is 1. The topological polar surface area (TPSA) is 63.6 Å². The van der Waals surface area contributed by atoms with Gasteiger partial charge in [-0.2, -0.15) is 0 Å². The smallest absolute Gasteiger partial charge is 0.333 e. The maximum absolute atomic E-state index is 11.5. The third-order valence-electron chi connectivity index (χ3n) is 1.87. The van der Waals surface area contributed by atoms with Crippen LogP contribution < -0.4 is 0 Å². The Hall–Kier alpha value is -2.10. The molecule has 1 N–H and O–H groups in total. The minimum absolute atomic E-state index is 0.0791. The van der Waals surface area contributed by atoms with Crippen LogP contribution in [0.5, 0.6) is 5.75 Å². The van der Waals surface area contributed by atoms with Gasteiger partial charge in [0.15, 0.2) is 12.4 Å². The zero-order valence-electron chi connectivity index (χ0n) is 8.90. The second kappa shape index (κ2) is 5.11. The van der Waals surface area contributed by atoms with E-state index in [1.54, 1.807) is 0 Å². The van der Waals surface area contributed by atoms with Crippen LogP contribution in [0.25, 0.3) is 0 Å². The number of ketones is 1. The molecule has 0 atom stereocenters. The Morgan fingerprint density at radius 2 is 1.88 bits per heavy atom. The number of phenolic OH excluding ortho intramolecular Hbond substituents is 1. The van der Waals surface area contributed by atoms with Crippen molar-refractivity contribution in [1.82, 2.24) is 0 Å². The number of Topliss-reactive ketones (excluding diaryl/α,β-unsaturated/α-hetero) is 1. The molecular formula is C12H12O4. The van der Waals surface area contributed by atoms with Crippen LogP contribution >= 0.6 is 0 Å². The van der Waals surface area contributed by atoms with Crippen molar-refractivity contribution in [2.45, 2.75) is 6.92 Å². The number of carbonyl (C=O) groups excluding carboxylic acids is 2. The Morgan fingerprint density at radius 1 is 1.31 bits per heavy atom.